The molecule has 0 aliphatic carbocycles. The van der Waals surface area contributed by atoms with Crippen molar-refractivity contribution in [1.29, 1.82) is 0 Å². The van der Waals surface area contributed by atoms with Gasteiger partial charge in [0.2, 0.25) is 0 Å². The molecule has 0 spiro atoms. The summed E-state index contributed by atoms with van der Waals surface area (Å²) in [6.45, 7) is 13.0. The minimum Gasteiger partial charge on any atom is -0.444 e. The molecule has 2 heterocycles. The van der Waals surface area contributed by atoms with Crippen LogP contribution in [0.5, 0.6) is 0 Å². The molecule has 2 N–H and O–H groups in total. The van der Waals surface area contributed by atoms with Gasteiger partial charge < -0.3 is 15.4 Å². The van der Waals surface area contributed by atoms with Crippen LogP contribution in [0.15, 0.2) is 12.1 Å². The van der Waals surface area contributed by atoms with Gasteiger partial charge in [-0.15, -0.1) is 11.3 Å². The minimum atomic E-state index is -0.449. The van der Waals surface area contributed by atoms with Crippen molar-refractivity contribution in [1.82, 2.24) is 9.80 Å². The third-order valence-corrected chi connectivity index (χ3v) is 5.36. The van der Waals surface area contributed by atoms with Crippen molar-refractivity contribution in [3.63, 3.8) is 0 Å². The smallest absolute Gasteiger partial charge is 0.410 e. The number of hydrogen-bond donors (Lipinski definition) is 1. The zero-order valence-electron chi connectivity index (χ0n) is 15.5. The van der Waals surface area contributed by atoms with Crippen LogP contribution in [0.1, 0.15) is 49.9 Å². The number of piperazine rings is 1. The Morgan fingerprint density at radius 1 is 1.29 bits per heavy atom. The fourth-order valence-corrected chi connectivity index (χ4v) is 4.10. The van der Waals surface area contributed by atoms with Crippen molar-refractivity contribution in [3.8, 4) is 0 Å². The molecule has 5 nitrogen and oxygen atoms in total. The lowest BCUT2D eigenvalue weighted by Crippen LogP contribution is -2.53. The Labute approximate surface area is 149 Å². The largest absolute Gasteiger partial charge is 0.444 e. The molecule has 2 rings (SSSR count). The highest BCUT2D eigenvalue weighted by molar-refractivity contribution is 7.12. The zero-order chi connectivity index (χ0) is 17.9. The Morgan fingerprint density at radius 2 is 1.92 bits per heavy atom. The molecular weight excluding hydrogens is 322 g/mol. The second-order valence-corrected chi connectivity index (χ2v) is 8.79. The number of nitrogens with two attached hydrogens (primary N) is 1. The molecule has 1 aromatic rings. The molecule has 2 unspecified atom stereocenters. The van der Waals surface area contributed by atoms with E-state index in [0.717, 1.165) is 19.5 Å². The van der Waals surface area contributed by atoms with Crippen LogP contribution >= 0.6 is 11.3 Å². The van der Waals surface area contributed by atoms with E-state index >= 15 is 0 Å². The monoisotopic (exact) mass is 353 g/mol. The SMILES string of the molecule is CCC(N)C(c1ccc(C)s1)N1CCN(C(=O)OC(C)(C)C)CC1. The third kappa shape index (κ3) is 4.94. The van der Waals surface area contributed by atoms with Gasteiger partial charge >= 0.3 is 6.09 Å². The normalized spacial score (nSPS) is 19.2. The predicted molar refractivity (Wildman–Crippen MR) is 99.4 cm³/mol. The summed E-state index contributed by atoms with van der Waals surface area (Å²) in [5, 5.41) is 0. The summed E-state index contributed by atoms with van der Waals surface area (Å²) in [6, 6.07) is 4.69. The minimum absolute atomic E-state index is 0.108. The zero-order valence-corrected chi connectivity index (χ0v) is 16.4. The molecule has 1 amide bonds. The molecule has 24 heavy (non-hydrogen) atoms. The lowest BCUT2D eigenvalue weighted by molar-refractivity contribution is 0.00892. The number of rotatable bonds is 4. The van der Waals surface area contributed by atoms with Gasteiger partial charge in [-0.3, -0.25) is 4.90 Å². The first-order valence-electron chi connectivity index (χ1n) is 8.75. The maximum atomic E-state index is 12.2. The third-order valence-electron chi connectivity index (χ3n) is 4.29. The van der Waals surface area contributed by atoms with Gasteiger partial charge in [0, 0.05) is 42.0 Å². The number of aryl methyl sites for hydroxylation is 1. The van der Waals surface area contributed by atoms with E-state index in [1.54, 1.807) is 4.90 Å². The number of nitrogens with zero attached hydrogens (tertiary/aromatic N) is 2. The fraction of sp³-hybridized carbons (Fsp3) is 0.722. The summed E-state index contributed by atoms with van der Waals surface area (Å²) < 4.78 is 5.48. The topological polar surface area (TPSA) is 58.8 Å². The molecule has 1 aromatic heterocycles. The van der Waals surface area contributed by atoms with E-state index in [-0.39, 0.29) is 18.2 Å². The quantitative estimate of drug-likeness (QED) is 0.901. The first-order valence-corrected chi connectivity index (χ1v) is 9.57. The van der Waals surface area contributed by atoms with Gasteiger partial charge in [-0.1, -0.05) is 6.92 Å². The summed E-state index contributed by atoms with van der Waals surface area (Å²) >= 11 is 1.82. The van der Waals surface area contributed by atoms with Gasteiger partial charge in [-0.2, -0.15) is 0 Å². The van der Waals surface area contributed by atoms with E-state index in [9.17, 15) is 4.79 Å². The summed E-state index contributed by atoms with van der Waals surface area (Å²) in [4.78, 5) is 19.1. The Bertz CT molecular complexity index is 545. The van der Waals surface area contributed by atoms with E-state index < -0.39 is 5.60 Å². The number of carbonyl (C=O) groups excluding carboxylic acids is 1. The summed E-state index contributed by atoms with van der Waals surface area (Å²) in [5.41, 5.74) is 5.98. The fourth-order valence-electron chi connectivity index (χ4n) is 3.01. The van der Waals surface area contributed by atoms with Crippen LogP contribution in [-0.4, -0.2) is 53.7 Å². The van der Waals surface area contributed by atoms with Gasteiger partial charge in [0.05, 0.1) is 6.04 Å². The van der Waals surface area contributed by atoms with Crippen LogP contribution in [0.2, 0.25) is 0 Å². The van der Waals surface area contributed by atoms with Gasteiger partial charge in [0.1, 0.15) is 5.60 Å². The van der Waals surface area contributed by atoms with E-state index in [4.69, 9.17) is 10.5 Å². The maximum absolute atomic E-state index is 12.2. The first kappa shape index (κ1) is 19.2. The Balaban J connectivity index is 2.01. The van der Waals surface area contributed by atoms with Gasteiger partial charge in [-0.25, -0.2) is 4.79 Å². The Kier molecular flexibility index (Phi) is 6.28. The van der Waals surface area contributed by atoms with Gasteiger partial charge in [0.15, 0.2) is 0 Å². The highest BCUT2D eigenvalue weighted by Crippen LogP contribution is 2.31. The average molecular weight is 354 g/mol. The summed E-state index contributed by atoms with van der Waals surface area (Å²) in [5.74, 6) is 0. The van der Waals surface area contributed by atoms with Crippen LogP contribution in [0.25, 0.3) is 0 Å². The molecule has 1 aliphatic rings. The first-order chi connectivity index (χ1) is 11.2. The molecule has 2 atom stereocenters. The number of hydrogen-bond acceptors (Lipinski definition) is 5. The van der Waals surface area contributed by atoms with Crippen LogP contribution < -0.4 is 5.73 Å². The van der Waals surface area contributed by atoms with Crippen molar-refractivity contribution < 1.29 is 9.53 Å². The molecular formula is C18H31N3O2S. The molecule has 0 bridgehead atoms. The molecule has 136 valence electrons. The van der Waals surface area contributed by atoms with Crippen molar-refractivity contribution in [2.45, 2.75) is 58.7 Å². The molecule has 0 aromatic carbocycles. The molecule has 1 aliphatic heterocycles. The molecule has 0 radical (unpaired) electrons. The van der Waals surface area contributed by atoms with E-state index in [0.29, 0.717) is 13.1 Å². The summed E-state index contributed by atoms with van der Waals surface area (Å²) in [7, 11) is 0. The van der Waals surface area contributed by atoms with Gasteiger partial charge in [0.25, 0.3) is 0 Å². The van der Waals surface area contributed by atoms with Gasteiger partial charge in [-0.05, 0) is 46.2 Å². The lowest BCUT2D eigenvalue weighted by atomic mass is 10.0. The highest BCUT2D eigenvalue weighted by atomic mass is 32.1. The average Bonchev–Trinajstić information content (AvgIpc) is 2.92. The molecule has 0 saturated carbocycles. The number of amides is 1. The van der Waals surface area contributed by atoms with Crippen LogP contribution in [0, 0.1) is 6.92 Å². The second-order valence-electron chi connectivity index (χ2n) is 7.47. The van der Waals surface area contributed by atoms with E-state index in [1.807, 2.05) is 32.1 Å². The number of thiophene rings is 1. The van der Waals surface area contributed by atoms with Crippen LogP contribution in [0.4, 0.5) is 4.79 Å². The van der Waals surface area contributed by atoms with Crippen LogP contribution in [0.3, 0.4) is 0 Å². The standard InChI is InChI=1S/C18H31N3O2S/c1-6-14(19)16(15-8-7-13(2)24-15)20-9-11-21(12-10-20)17(22)23-18(3,4)5/h7-8,14,16H,6,9-12,19H2,1-5H3. The lowest BCUT2D eigenvalue weighted by Gasteiger charge is -2.41. The molecule has 1 fully saturated rings. The van der Waals surface area contributed by atoms with E-state index in [1.165, 1.54) is 9.75 Å². The number of ether oxygens (including phenoxy) is 1. The highest BCUT2D eigenvalue weighted by Gasteiger charge is 2.32. The van der Waals surface area contributed by atoms with Crippen molar-refractivity contribution in [3.05, 3.63) is 21.9 Å². The van der Waals surface area contributed by atoms with E-state index in [2.05, 4.69) is 30.9 Å². The maximum Gasteiger partial charge on any atom is 0.410 e. The van der Waals surface area contributed by atoms with Crippen molar-refractivity contribution >= 4 is 17.4 Å². The Morgan fingerprint density at radius 3 is 2.38 bits per heavy atom. The molecule has 6 heteroatoms. The van der Waals surface area contributed by atoms with Crippen molar-refractivity contribution in [2.24, 2.45) is 5.73 Å². The molecule has 1 saturated heterocycles. The Hall–Kier alpha value is -1.11. The van der Waals surface area contributed by atoms with Crippen molar-refractivity contribution in [2.75, 3.05) is 26.2 Å². The second kappa shape index (κ2) is 7.85. The number of carbonyl (C=O) groups is 1. The predicted octanol–water partition coefficient (Wildman–Crippen LogP) is 3.39. The van der Waals surface area contributed by atoms with Crippen LogP contribution in [-0.2, 0) is 4.74 Å². The summed E-state index contributed by atoms with van der Waals surface area (Å²) in [6.07, 6.45) is 0.721.